The Kier molecular flexibility index (Phi) is 6.75. The van der Waals surface area contributed by atoms with Crippen molar-refractivity contribution in [2.75, 3.05) is 40.4 Å². The Labute approximate surface area is 124 Å². The van der Waals surface area contributed by atoms with E-state index in [0.717, 1.165) is 13.1 Å². The summed E-state index contributed by atoms with van der Waals surface area (Å²) in [7, 11) is 3.41. The van der Waals surface area contributed by atoms with Gasteiger partial charge in [0.15, 0.2) is 6.29 Å². The molecular weight excluding hydrogens is 252 g/mol. The first-order chi connectivity index (χ1) is 9.80. The Morgan fingerprint density at radius 3 is 2.15 bits per heavy atom. The summed E-state index contributed by atoms with van der Waals surface area (Å²) in [6.45, 7) is 4.44. The van der Waals surface area contributed by atoms with Crippen LogP contribution in [-0.4, -0.2) is 57.1 Å². The molecule has 0 bridgehead atoms. The van der Waals surface area contributed by atoms with Crippen LogP contribution >= 0.6 is 0 Å². The Morgan fingerprint density at radius 2 is 1.55 bits per heavy atom. The fourth-order valence-corrected chi connectivity index (χ4v) is 3.87. The Morgan fingerprint density at radius 1 is 0.950 bits per heavy atom. The van der Waals surface area contributed by atoms with Gasteiger partial charge in [-0.05, 0) is 38.8 Å². The third-order valence-electron chi connectivity index (χ3n) is 5.10. The number of nitrogens with zero attached hydrogens (tertiary/aromatic N) is 1. The number of likely N-dealkylation sites (tertiary alicyclic amines) is 1. The number of nitrogens with one attached hydrogen (secondary N) is 1. The van der Waals surface area contributed by atoms with Crippen LogP contribution in [-0.2, 0) is 9.47 Å². The van der Waals surface area contributed by atoms with Crippen molar-refractivity contribution >= 4 is 0 Å². The average molecular weight is 284 g/mol. The predicted molar refractivity (Wildman–Crippen MR) is 81.9 cm³/mol. The molecule has 1 saturated carbocycles. The van der Waals surface area contributed by atoms with Gasteiger partial charge in [0.2, 0.25) is 0 Å². The Balaban J connectivity index is 1.89. The van der Waals surface area contributed by atoms with Crippen molar-refractivity contribution in [1.82, 2.24) is 10.2 Å². The number of piperidine rings is 1. The van der Waals surface area contributed by atoms with Crippen LogP contribution in [0.5, 0.6) is 0 Å². The maximum Gasteiger partial charge on any atom is 0.169 e. The lowest BCUT2D eigenvalue weighted by atomic mass is 9.79. The van der Waals surface area contributed by atoms with Crippen LogP contribution in [0.25, 0.3) is 0 Å². The van der Waals surface area contributed by atoms with Crippen LogP contribution in [0.2, 0.25) is 0 Å². The van der Waals surface area contributed by atoms with E-state index in [1.54, 1.807) is 14.2 Å². The van der Waals surface area contributed by atoms with E-state index >= 15 is 0 Å². The van der Waals surface area contributed by atoms with E-state index in [0.29, 0.717) is 5.54 Å². The van der Waals surface area contributed by atoms with Gasteiger partial charge in [-0.1, -0.05) is 25.7 Å². The molecule has 20 heavy (non-hydrogen) atoms. The minimum absolute atomic E-state index is 0.128. The standard InChI is InChI=1S/C16H32N2O2/c1-19-15(20-2)13-17-14-16(9-5-3-6-10-16)18-11-7-4-8-12-18/h15,17H,3-14H2,1-2H3. The fraction of sp³-hybridized carbons (Fsp3) is 1.00. The molecule has 2 fully saturated rings. The van der Waals surface area contributed by atoms with E-state index in [4.69, 9.17) is 9.47 Å². The van der Waals surface area contributed by atoms with Crippen molar-refractivity contribution in [2.45, 2.75) is 63.2 Å². The zero-order valence-corrected chi connectivity index (χ0v) is 13.3. The van der Waals surface area contributed by atoms with Gasteiger partial charge < -0.3 is 14.8 Å². The quantitative estimate of drug-likeness (QED) is 0.728. The molecule has 0 aromatic carbocycles. The topological polar surface area (TPSA) is 33.7 Å². The number of hydrogen-bond donors (Lipinski definition) is 1. The van der Waals surface area contributed by atoms with Gasteiger partial charge in [0, 0.05) is 32.8 Å². The second-order valence-electron chi connectivity index (χ2n) is 6.36. The highest BCUT2D eigenvalue weighted by atomic mass is 16.7. The second kappa shape index (κ2) is 8.32. The van der Waals surface area contributed by atoms with E-state index in [-0.39, 0.29) is 6.29 Å². The van der Waals surface area contributed by atoms with Crippen molar-refractivity contribution in [3.05, 3.63) is 0 Å². The summed E-state index contributed by atoms with van der Waals surface area (Å²) in [5.41, 5.74) is 0.394. The lowest BCUT2D eigenvalue weighted by Gasteiger charge is -2.48. The first-order valence-corrected chi connectivity index (χ1v) is 8.32. The molecule has 4 heteroatoms. The highest BCUT2D eigenvalue weighted by Crippen LogP contribution is 2.35. The maximum absolute atomic E-state index is 5.27. The SMILES string of the molecule is COC(CNCC1(N2CCCCC2)CCCCC1)OC. The van der Waals surface area contributed by atoms with Gasteiger partial charge in [-0.2, -0.15) is 0 Å². The highest BCUT2D eigenvalue weighted by molar-refractivity contribution is 4.96. The molecule has 2 aliphatic rings. The molecular formula is C16H32N2O2. The lowest BCUT2D eigenvalue weighted by molar-refractivity contribution is -0.100. The van der Waals surface area contributed by atoms with Gasteiger partial charge in [0.25, 0.3) is 0 Å². The molecule has 1 saturated heterocycles. The van der Waals surface area contributed by atoms with Gasteiger partial charge >= 0.3 is 0 Å². The third-order valence-corrected chi connectivity index (χ3v) is 5.10. The lowest BCUT2D eigenvalue weighted by Crippen LogP contribution is -2.58. The summed E-state index contributed by atoms with van der Waals surface area (Å²) in [4.78, 5) is 2.78. The van der Waals surface area contributed by atoms with E-state index in [1.807, 2.05) is 0 Å². The van der Waals surface area contributed by atoms with Crippen molar-refractivity contribution < 1.29 is 9.47 Å². The Bertz CT molecular complexity index is 257. The zero-order chi connectivity index (χ0) is 14.3. The zero-order valence-electron chi connectivity index (χ0n) is 13.3. The van der Waals surface area contributed by atoms with Crippen LogP contribution in [0.15, 0.2) is 0 Å². The summed E-state index contributed by atoms with van der Waals surface area (Å²) in [5.74, 6) is 0. The van der Waals surface area contributed by atoms with Gasteiger partial charge in [-0.15, -0.1) is 0 Å². The normalized spacial score (nSPS) is 24.1. The van der Waals surface area contributed by atoms with E-state index in [2.05, 4.69) is 10.2 Å². The second-order valence-corrected chi connectivity index (χ2v) is 6.36. The van der Waals surface area contributed by atoms with Gasteiger partial charge in [0.1, 0.15) is 0 Å². The molecule has 0 atom stereocenters. The predicted octanol–water partition coefficient (Wildman–Crippen LogP) is 2.38. The van der Waals surface area contributed by atoms with E-state index < -0.39 is 0 Å². The molecule has 1 aliphatic heterocycles. The summed E-state index contributed by atoms with van der Waals surface area (Å²) in [6, 6.07) is 0. The molecule has 2 rings (SSSR count). The fourth-order valence-electron chi connectivity index (χ4n) is 3.87. The minimum atomic E-state index is -0.128. The Hall–Kier alpha value is -0.160. The van der Waals surface area contributed by atoms with Crippen molar-refractivity contribution in [3.63, 3.8) is 0 Å². The number of ether oxygens (including phenoxy) is 2. The maximum atomic E-state index is 5.27. The smallest absolute Gasteiger partial charge is 0.169 e. The molecule has 4 nitrogen and oxygen atoms in total. The third kappa shape index (κ3) is 4.17. The monoisotopic (exact) mass is 284 g/mol. The van der Waals surface area contributed by atoms with E-state index in [1.165, 1.54) is 64.5 Å². The first-order valence-electron chi connectivity index (χ1n) is 8.32. The average Bonchev–Trinajstić information content (AvgIpc) is 2.53. The van der Waals surface area contributed by atoms with Gasteiger partial charge in [-0.3, -0.25) is 4.90 Å². The number of methoxy groups -OCH3 is 2. The molecule has 118 valence electrons. The first kappa shape index (κ1) is 16.2. The summed E-state index contributed by atoms with van der Waals surface area (Å²) in [5, 5.41) is 3.60. The van der Waals surface area contributed by atoms with Crippen LogP contribution < -0.4 is 5.32 Å². The van der Waals surface area contributed by atoms with Crippen LogP contribution in [0.3, 0.4) is 0 Å². The molecule has 1 heterocycles. The number of hydrogen-bond acceptors (Lipinski definition) is 4. The van der Waals surface area contributed by atoms with Crippen LogP contribution in [0.4, 0.5) is 0 Å². The van der Waals surface area contributed by atoms with E-state index in [9.17, 15) is 0 Å². The molecule has 0 radical (unpaired) electrons. The van der Waals surface area contributed by atoms with Crippen LogP contribution in [0, 0.1) is 0 Å². The molecule has 0 unspecified atom stereocenters. The van der Waals surface area contributed by atoms with Gasteiger partial charge in [-0.25, -0.2) is 0 Å². The molecule has 1 N–H and O–H groups in total. The molecule has 0 amide bonds. The largest absolute Gasteiger partial charge is 0.355 e. The molecule has 1 aliphatic carbocycles. The highest BCUT2D eigenvalue weighted by Gasteiger charge is 2.37. The molecule has 0 aromatic heterocycles. The summed E-state index contributed by atoms with van der Waals surface area (Å²) >= 11 is 0. The molecule has 0 aromatic rings. The van der Waals surface area contributed by atoms with Crippen LogP contribution in [0.1, 0.15) is 51.4 Å². The van der Waals surface area contributed by atoms with Crippen molar-refractivity contribution in [1.29, 1.82) is 0 Å². The van der Waals surface area contributed by atoms with Gasteiger partial charge in [0.05, 0.1) is 0 Å². The summed E-state index contributed by atoms with van der Waals surface area (Å²) < 4.78 is 10.5. The molecule has 0 spiro atoms. The number of rotatable bonds is 7. The minimum Gasteiger partial charge on any atom is -0.355 e. The van der Waals surface area contributed by atoms with Crippen molar-refractivity contribution in [3.8, 4) is 0 Å². The van der Waals surface area contributed by atoms with Crippen molar-refractivity contribution in [2.24, 2.45) is 0 Å². The summed E-state index contributed by atoms with van der Waals surface area (Å²) in [6.07, 6.45) is 10.9.